The van der Waals surface area contributed by atoms with Crippen LogP contribution in [0.1, 0.15) is 26.2 Å². The van der Waals surface area contributed by atoms with Crippen LogP contribution in [-0.2, 0) is 4.79 Å². The molecule has 0 aromatic heterocycles. The first-order valence-electron chi connectivity index (χ1n) is 6.99. The summed E-state index contributed by atoms with van der Waals surface area (Å²) < 4.78 is 0. The van der Waals surface area contributed by atoms with E-state index in [1.165, 1.54) is 19.3 Å². The number of anilines is 1. The second kappa shape index (κ2) is 7.56. The third kappa shape index (κ3) is 4.55. The predicted molar refractivity (Wildman–Crippen MR) is 82.6 cm³/mol. The van der Waals surface area contributed by atoms with Crippen LogP contribution in [0.4, 0.5) is 5.69 Å². The standard InChI is InChI=1S/C15H22N2OS/c1-2-19-14-10-6-9-13(14)16-11-15(18)17-12-7-4-3-5-8-12/h3-5,7-8,13-14,16H,2,6,9-11H2,1H3,(H,17,18)/t13-,14+/m0/s1. The zero-order valence-electron chi connectivity index (χ0n) is 11.4. The van der Waals surface area contributed by atoms with Gasteiger partial charge in [0, 0.05) is 17.0 Å². The second-order valence-corrected chi connectivity index (χ2v) is 6.34. The molecule has 2 rings (SSSR count). The third-order valence-corrected chi connectivity index (χ3v) is 4.74. The van der Waals surface area contributed by atoms with Crippen LogP contribution in [0.25, 0.3) is 0 Å². The zero-order chi connectivity index (χ0) is 13.5. The summed E-state index contributed by atoms with van der Waals surface area (Å²) in [6.45, 7) is 2.60. The molecule has 0 aliphatic heterocycles. The normalized spacial score (nSPS) is 22.4. The van der Waals surface area contributed by atoms with Gasteiger partial charge in [-0.1, -0.05) is 31.5 Å². The molecule has 1 fully saturated rings. The molecule has 2 N–H and O–H groups in total. The molecular formula is C15H22N2OS. The van der Waals surface area contributed by atoms with Crippen LogP contribution >= 0.6 is 11.8 Å². The minimum Gasteiger partial charge on any atom is -0.325 e. The number of carbonyl (C=O) groups is 1. The fourth-order valence-electron chi connectivity index (χ4n) is 2.52. The number of hydrogen-bond acceptors (Lipinski definition) is 3. The average molecular weight is 278 g/mol. The molecule has 0 unspecified atom stereocenters. The van der Waals surface area contributed by atoms with Gasteiger partial charge in [-0.05, 0) is 30.7 Å². The summed E-state index contributed by atoms with van der Waals surface area (Å²) >= 11 is 2.01. The van der Waals surface area contributed by atoms with E-state index in [-0.39, 0.29) is 5.91 Å². The summed E-state index contributed by atoms with van der Waals surface area (Å²) in [5, 5.41) is 6.98. The fourth-order valence-corrected chi connectivity index (χ4v) is 3.75. The molecule has 104 valence electrons. The van der Waals surface area contributed by atoms with E-state index in [2.05, 4.69) is 17.6 Å². The van der Waals surface area contributed by atoms with Gasteiger partial charge in [0.2, 0.25) is 5.91 Å². The van der Waals surface area contributed by atoms with Gasteiger partial charge in [-0.25, -0.2) is 0 Å². The Morgan fingerprint density at radius 1 is 1.32 bits per heavy atom. The van der Waals surface area contributed by atoms with Crippen LogP contribution in [0.3, 0.4) is 0 Å². The van der Waals surface area contributed by atoms with E-state index in [9.17, 15) is 4.79 Å². The largest absolute Gasteiger partial charge is 0.325 e. The number of nitrogens with one attached hydrogen (secondary N) is 2. The first-order valence-corrected chi connectivity index (χ1v) is 8.04. The lowest BCUT2D eigenvalue weighted by molar-refractivity contribution is -0.115. The van der Waals surface area contributed by atoms with Crippen molar-refractivity contribution in [1.82, 2.24) is 5.32 Å². The maximum atomic E-state index is 11.9. The molecule has 2 atom stereocenters. The number of benzene rings is 1. The summed E-state index contributed by atoms with van der Waals surface area (Å²) in [4.78, 5) is 11.9. The SMILES string of the molecule is CCS[C@@H]1CCC[C@@H]1NCC(=O)Nc1ccccc1. The molecule has 1 aromatic rings. The Bertz CT molecular complexity index is 396. The third-order valence-electron chi connectivity index (χ3n) is 3.42. The molecule has 1 amide bonds. The van der Waals surface area contributed by atoms with Crippen molar-refractivity contribution in [3.05, 3.63) is 30.3 Å². The minimum absolute atomic E-state index is 0.0401. The highest BCUT2D eigenvalue weighted by Crippen LogP contribution is 2.29. The summed E-state index contributed by atoms with van der Waals surface area (Å²) in [6, 6.07) is 10.1. The highest BCUT2D eigenvalue weighted by Gasteiger charge is 2.26. The molecule has 0 saturated heterocycles. The van der Waals surface area contributed by atoms with Gasteiger partial charge in [-0.3, -0.25) is 4.79 Å². The molecule has 1 saturated carbocycles. The van der Waals surface area contributed by atoms with Gasteiger partial charge < -0.3 is 10.6 Å². The molecule has 1 aliphatic rings. The van der Waals surface area contributed by atoms with Gasteiger partial charge in [0.05, 0.1) is 6.54 Å². The minimum atomic E-state index is 0.0401. The van der Waals surface area contributed by atoms with E-state index in [0.29, 0.717) is 17.8 Å². The van der Waals surface area contributed by atoms with E-state index in [0.717, 1.165) is 11.4 Å². The van der Waals surface area contributed by atoms with Gasteiger partial charge in [0.25, 0.3) is 0 Å². The summed E-state index contributed by atoms with van der Waals surface area (Å²) in [5.74, 6) is 1.19. The Hall–Kier alpha value is -1.00. The Morgan fingerprint density at radius 2 is 2.11 bits per heavy atom. The maximum Gasteiger partial charge on any atom is 0.238 e. The van der Waals surface area contributed by atoms with Crippen LogP contribution < -0.4 is 10.6 Å². The van der Waals surface area contributed by atoms with Crippen molar-refractivity contribution < 1.29 is 4.79 Å². The second-order valence-electron chi connectivity index (χ2n) is 4.83. The number of rotatable bonds is 6. The average Bonchev–Trinajstić information content (AvgIpc) is 2.85. The molecule has 1 aromatic carbocycles. The van der Waals surface area contributed by atoms with Gasteiger partial charge in [-0.15, -0.1) is 0 Å². The summed E-state index contributed by atoms with van der Waals surface area (Å²) in [6.07, 6.45) is 3.74. The molecule has 0 bridgehead atoms. The Labute approximate surface area is 119 Å². The lowest BCUT2D eigenvalue weighted by atomic mass is 10.2. The summed E-state index contributed by atoms with van der Waals surface area (Å²) in [7, 11) is 0. The molecule has 3 nitrogen and oxygen atoms in total. The lowest BCUT2D eigenvalue weighted by Gasteiger charge is -2.19. The van der Waals surface area contributed by atoms with Crippen LogP contribution in [0.2, 0.25) is 0 Å². The van der Waals surface area contributed by atoms with E-state index in [4.69, 9.17) is 0 Å². The van der Waals surface area contributed by atoms with Gasteiger partial charge in [0.1, 0.15) is 0 Å². The molecule has 0 spiro atoms. The molecule has 4 heteroatoms. The van der Waals surface area contributed by atoms with Crippen molar-refractivity contribution >= 4 is 23.4 Å². The van der Waals surface area contributed by atoms with Crippen molar-refractivity contribution in [2.75, 3.05) is 17.6 Å². The lowest BCUT2D eigenvalue weighted by Crippen LogP contribution is -2.39. The predicted octanol–water partition coefficient (Wildman–Crippen LogP) is 2.89. The van der Waals surface area contributed by atoms with E-state index in [1.807, 2.05) is 42.1 Å². The molecule has 0 heterocycles. The van der Waals surface area contributed by atoms with Gasteiger partial charge >= 0.3 is 0 Å². The van der Waals surface area contributed by atoms with Gasteiger partial charge in [0.15, 0.2) is 0 Å². The molecule has 0 radical (unpaired) electrons. The Balaban J connectivity index is 1.74. The Kier molecular flexibility index (Phi) is 5.73. The Morgan fingerprint density at radius 3 is 2.84 bits per heavy atom. The molecular weight excluding hydrogens is 256 g/mol. The van der Waals surface area contributed by atoms with E-state index in [1.54, 1.807) is 0 Å². The van der Waals surface area contributed by atoms with Crippen molar-refractivity contribution in [3.8, 4) is 0 Å². The number of amides is 1. The topological polar surface area (TPSA) is 41.1 Å². The quantitative estimate of drug-likeness (QED) is 0.840. The highest BCUT2D eigenvalue weighted by molar-refractivity contribution is 7.99. The van der Waals surface area contributed by atoms with Crippen LogP contribution in [-0.4, -0.2) is 29.5 Å². The molecule has 1 aliphatic carbocycles. The number of carbonyl (C=O) groups excluding carboxylic acids is 1. The van der Waals surface area contributed by atoms with Crippen molar-refractivity contribution in [1.29, 1.82) is 0 Å². The number of para-hydroxylation sites is 1. The first-order chi connectivity index (χ1) is 9.29. The van der Waals surface area contributed by atoms with Gasteiger partial charge in [-0.2, -0.15) is 11.8 Å². The fraction of sp³-hybridized carbons (Fsp3) is 0.533. The van der Waals surface area contributed by atoms with E-state index < -0.39 is 0 Å². The smallest absolute Gasteiger partial charge is 0.238 e. The number of thioether (sulfide) groups is 1. The van der Waals surface area contributed by atoms with Crippen molar-refractivity contribution in [2.45, 2.75) is 37.5 Å². The first kappa shape index (κ1) is 14.4. The van der Waals surface area contributed by atoms with Crippen LogP contribution in [0.5, 0.6) is 0 Å². The van der Waals surface area contributed by atoms with Crippen molar-refractivity contribution in [3.63, 3.8) is 0 Å². The summed E-state index contributed by atoms with van der Waals surface area (Å²) in [5.41, 5.74) is 0.861. The maximum absolute atomic E-state index is 11.9. The van der Waals surface area contributed by atoms with E-state index >= 15 is 0 Å². The molecule has 19 heavy (non-hydrogen) atoms. The zero-order valence-corrected chi connectivity index (χ0v) is 12.2. The monoisotopic (exact) mass is 278 g/mol. The van der Waals surface area contributed by atoms with Crippen LogP contribution in [0.15, 0.2) is 30.3 Å². The highest BCUT2D eigenvalue weighted by atomic mass is 32.2. The number of hydrogen-bond donors (Lipinski definition) is 2. The van der Waals surface area contributed by atoms with Crippen LogP contribution in [0, 0.1) is 0 Å². The van der Waals surface area contributed by atoms with Crippen molar-refractivity contribution in [2.24, 2.45) is 0 Å².